The van der Waals surface area contributed by atoms with Gasteiger partial charge in [0, 0.05) is 22.1 Å². The molecule has 0 unspecified atom stereocenters. The number of halogens is 1. The number of carbonyl (C=O) groups is 1. The van der Waals surface area contributed by atoms with Crippen molar-refractivity contribution in [1.82, 2.24) is 14.5 Å². The molecule has 0 aliphatic carbocycles. The number of hydrogen-bond acceptors (Lipinski definition) is 4. The first-order chi connectivity index (χ1) is 11.6. The molecule has 2 aromatic heterocycles. The van der Waals surface area contributed by atoms with E-state index in [-0.39, 0.29) is 5.91 Å². The van der Waals surface area contributed by atoms with Crippen LogP contribution in [0.3, 0.4) is 0 Å². The Morgan fingerprint density at radius 3 is 2.67 bits per heavy atom. The lowest BCUT2D eigenvalue weighted by molar-refractivity contribution is 0.102. The summed E-state index contributed by atoms with van der Waals surface area (Å²) in [6.45, 7) is 1.84. The van der Waals surface area contributed by atoms with Gasteiger partial charge in [-0.2, -0.15) is 0 Å². The van der Waals surface area contributed by atoms with Gasteiger partial charge in [-0.1, -0.05) is 15.9 Å². The van der Waals surface area contributed by atoms with Crippen molar-refractivity contribution in [2.24, 2.45) is 0 Å². The predicted octanol–water partition coefficient (Wildman–Crippen LogP) is 3.60. The highest BCUT2D eigenvalue weighted by atomic mass is 79.9. The molecule has 1 aromatic carbocycles. The molecule has 122 valence electrons. The van der Waals surface area contributed by atoms with Crippen molar-refractivity contribution in [3.63, 3.8) is 0 Å². The first-order valence-electron chi connectivity index (χ1n) is 7.20. The fourth-order valence-corrected chi connectivity index (χ4v) is 2.43. The summed E-state index contributed by atoms with van der Waals surface area (Å²) < 4.78 is 7.98. The van der Waals surface area contributed by atoms with Crippen LogP contribution < -0.4 is 10.1 Å². The average molecular weight is 387 g/mol. The normalized spacial score (nSPS) is 10.5. The molecule has 7 heteroatoms. The summed E-state index contributed by atoms with van der Waals surface area (Å²) in [6.07, 6.45) is 3.26. The fraction of sp³-hybridized carbons (Fsp3) is 0.118. The molecule has 0 saturated heterocycles. The first kappa shape index (κ1) is 16.2. The van der Waals surface area contributed by atoms with Gasteiger partial charge in [0.2, 0.25) is 0 Å². The highest BCUT2D eigenvalue weighted by Crippen LogP contribution is 2.22. The van der Waals surface area contributed by atoms with E-state index >= 15 is 0 Å². The number of hydrogen-bond donors (Lipinski definition) is 1. The molecule has 2 heterocycles. The molecule has 0 saturated carbocycles. The minimum atomic E-state index is -0.345. The Hall–Kier alpha value is -2.67. The number of amides is 1. The zero-order valence-corrected chi connectivity index (χ0v) is 14.7. The topological polar surface area (TPSA) is 69.0 Å². The lowest BCUT2D eigenvalue weighted by atomic mass is 10.3. The Morgan fingerprint density at radius 1 is 1.21 bits per heavy atom. The van der Waals surface area contributed by atoms with E-state index in [1.807, 2.05) is 37.3 Å². The summed E-state index contributed by atoms with van der Waals surface area (Å²) >= 11 is 3.40. The molecule has 3 aromatic rings. The number of aryl methyl sites for hydroxylation is 1. The van der Waals surface area contributed by atoms with Crippen LogP contribution in [0.15, 0.2) is 53.4 Å². The summed E-state index contributed by atoms with van der Waals surface area (Å²) in [4.78, 5) is 20.8. The summed E-state index contributed by atoms with van der Waals surface area (Å²) in [5.41, 5.74) is 1.99. The van der Waals surface area contributed by atoms with Gasteiger partial charge in [0.15, 0.2) is 11.6 Å². The SMILES string of the molecule is COc1ccc(C)nc1NC(=O)c1cn(-c2ccc(Br)cc2)cn1. The van der Waals surface area contributed by atoms with E-state index in [1.54, 1.807) is 23.2 Å². The molecule has 6 nitrogen and oxygen atoms in total. The van der Waals surface area contributed by atoms with Crippen molar-refractivity contribution in [3.8, 4) is 11.4 Å². The third kappa shape index (κ3) is 3.46. The van der Waals surface area contributed by atoms with Gasteiger partial charge in [0.1, 0.15) is 12.0 Å². The second-order valence-electron chi connectivity index (χ2n) is 5.10. The molecule has 0 spiro atoms. The number of methoxy groups -OCH3 is 1. The number of imidazole rings is 1. The van der Waals surface area contributed by atoms with Gasteiger partial charge in [-0.05, 0) is 43.3 Å². The zero-order valence-electron chi connectivity index (χ0n) is 13.2. The van der Waals surface area contributed by atoms with Crippen LogP contribution in [0.1, 0.15) is 16.2 Å². The number of carbonyl (C=O) groups excluding carboxylic acids is 1. The number of rotatable bonds is 4. The smallest absolute Gasteiger partial charge is 0.277 e. The van der Waals surface area contributed by atoms with Crippen molar-refractivity contribution >= 4 is 27.7 Å². The van der Waals surface area contributed by atoms with Gasteiger partial charge >= 0.3 is 0 Å². The lowest BCUT2D eigenvalue weighted by Crippen LogP contribution is -2.14. The van der Waals surface area contributed by atoms with Gasteiger partial charge in [0.25, 0.3) is 5.91 Å². The fourth-order valence-electron chi connectivity index (χ4n) is 2.16. The predicted molar refractivity (Wildman–Crippen MR) is 94.7 cm³/mol. The van der Waals surface area contributed by atoms with Crippen molar-refractivity contribution < 1.29 is 9.53 Å². The Labute approximate surface area is 147 Å². The van der Waals surface area contributed by atoms with Crippen LogP contribution in [0.4, 0.5) is 5.82 Å². The summed E-state index contributed by atoms with van der Waals surface area (Å²) in [5, 5.41) is 2.73. The Balaban J connectivity index is 1.81. The maximum Gasteiger partial charge on any atom is 0.277 e. The Bertz CT molecular complexity index is 875. The molecule has 1 N–H and O–H groups in total. The molecule has 24 heavy (non-hydrogen) atoms. The summed E-state index contributed by atoms with van der Waals surface area (Å²) in [7, 11) is 1.53. The Kier molecular flexibility index (Phi) is 4.61. The van der Waals surface area contributed by atoms with Crippen molar-refractivity contribution in [2.45, 2.75) is 6.92 Å². The molecule has 0 atom stereocenters. The quantitative estimate of drug-likeness (QED) is 0.743. The van der Waals surface area contributed by atoms with Crippen molar-refractivity contribution in [3.05, 3.63) is 64.8 Å². The minimum Gasteiger partial charge on any atom is -0.493 e. The third-order valence-electron chi connectivity index (χ3n) is 3.39. The van der Waals surface area contributed by atoms with Gasteiger partial charge in [-0.25, -0.2) is 9.97 Å². The first-order valence-corrected chi connectivity index (χ1v) is 7.99. The van der Waals surface area contributed by atoms with Crippen molar-refractivity contribution in [1.29, 1.82) is 0 Å². The maximum atomic E-state index is 12.4. The number of aromatic nitrogens is 3. The molecular formula is C17H15BrN4O2. The number of nitrogens with zero attached hydrogens (tertiary/aromatic N) is 3. The zero-order chi connectivity index (χ0) is 17.1. The number of ether oxygens (including phenoxy) is 1. The number of nitrogens with one attached hydrogen (secondary N) is 1. The molecular weight excluding hydrogens is 372 g/mol. The molecule has 1 amide bonds. The third-order valence-corrected chi connectivity index (χ3v) is 3.92. The van der Waals surface area contributed by atoms with Gasteiger partial charge in [0.05, 0.1) is 7.11 Å². The van der Waals surface area contributed by atoms with Crippen molar-refractivity contribution in [2.75, 3.05) is 12.4 Å². The number of benzene rings is 1. The minimum absolute atomic E-state index is 0.295. The van der Waals surface area contributed by atoms with Crippen LogP contribution >= 0.6 is 15.9 Å². The van der Waals surface area contributed by atoms with Crippen LogP contribution in [0.5, 0.6) is 5.75 Å². The van der Waals surface area contributed by atoms with Crippen LogP contribution in [0.25, 0.3) is 5.69 Å². The number of pyridine rings is 1. The second-order valence-corrected chi connectivity index (χ2v) is 6.02. The highest BCUT2D eigenvalue weighted by Gasteiger charge is 2.14. The largest absolute Gasteiger partial charge is 0.493 e. The molecule has 0 radical (unpaired) electrons. The summed E-state index contributed by atoms with van der Waals surface area (Å²) in [5.74, 6) is 0.532. The molecule has 0 aliphatic rings. The van der Waals surface area contributed by atoms with Gasteiger partial charge < -0.3 is 14.6 Å². The van der Waals surface area contributed by atoms with E-state index in [0.717, 1.165) is 15.9 Å². The van der Waals surface area contributed by atoms with Crippen LogP contribution in [-0.2, 0) is 0 Å². The lowest BCUT2D eigenvalue weighted by Gasteiger charge is -2.08. The average Bonchev–Trinajstić information content (AvgIpc) is 3.06. The van der Waals surface area contributed by atoms with Gasteiger partial charge in [-0.3, -0.25) is 4.79 Å². The van der Waals surface area contributed by atoms with E-state index in [9.17, 15) is 4.79 Å². The van der Waals surface area contributed by atoms with Crippen LogP contribution in [0, 0.1) is 6.92 Å². The van der Waals surface area contributed by atoms with E-state index in [1.165, 1.54) is 7.11 Å². The summed E-state index contributed by atoms with van der Waals surface area (Å²) in [6, 6.07) is 11.3. The maximum absolute atomic E-state index is 12.4. The number of anilines is 1. The monoisotopic (exact) mass is 386 g/mol. The van der Waals surface area contributed by atoms with E-state index < -0.39 is 0 Å². The molecule has 0 aliphatic heterocycles. The standard InChI is InChI=1S/C17H15BrN4O2/c1-11-3-8-15(24-2)16(20-11)21-17(23)14-9-22(10-19-14)13-6-4-12(18)5-7-13/h3-10H,1-2H3,(H,20,21,23). The Morgan fingerprint density at radius 2 is 1.96 bits per heavy atom. The van der Waals surface area contributed by atoms with E-state index in [0.29, 0.717) is 17.3 Å². The van der Waals surface area contributed by atoms with E-state index in [4.69, 9.17) is 4.74 Å². The highest BCUT2D eigenvalue weighted by molar-refractivity contribution is 9.10. The van der Waals surface area contributed by atoms with Crippen LogP contribution in [0.2, 0.25) is 0 Å². The molecule has 3 rings (SSSR count). The molecule has 0 fully saturated rings. The van der Waals surface area contributed by atoms with Gasteiger partial charge in [-0.15, -0.1) is 0 Å². The van der Waals surface area contributed by atoms with E-state index in [2.05, 4.69) is 31.2 Å². The second kappa shape index (κ2) is 6.84. The van der Waals surface area contributed by atoms with Crippen LogP contribution in [-0.4, -0.2) is 27.6 Å². The molecule has 0 bridgehead atoms.